The number of benzene rings is 1. The van der Waals surface area contributed by atoms with Gasteiger partial charge in [0.15, 0.2) is 5.58 Å². The molecule has 6 heteroatoms. The number of rotatable bonds is 2. The van der Waals surface area contributed by atoms with Gasteiger partial charge in [-0.3, -0.25) is 9.67 Å². The number of anilines is 1. The normalized spacial score (nSPS) is 11.5. The molecule has 2 aromatic heterocycles. The van der Waals surface area contributed by atoms with Crippen molar-refractivity contribution in [2.45, 2.75) is 19.9 Å². The van der Waals surface area contributed by atoms with Gasteiger partial charge in [-0.15, -0.1) is 0 Å². The van der Waals surface area contributed by atoms with Crippen LogP contribution in [0.5, 0.6) is 0 Å². The lowest BCUT2D eigenvalue weighted by Crippen LogP contribution is -2.15. The number of nitrogens with two attached hydrogens (primary N) is 1. The number of nitrogens with one attached hydrogen (secondary N) is 1. The predicted octanol–water partition coefficient (Wildman–Crippen LogP) is 2.15. The highest BCUT2D eigenvalue weighted by molar-refractivity contribution is 5.80. The third-order valence-electron chi connectivity index (χ3n) is 3.04. The summed E-state index contributed by atoms with van der Waals surface area (Å²) in [5, 5.41) is 6.75. The van der Waals surface area contributed by atoms with Crippen LogP contribution in [0, 0.1) is 0 Å². The number of hydrogen-bond donors (Lipinski definition) is 2. The molecule has 0 unspecified atom stereocenters. The number of nitrogens with zero attached hydrogens (tertiary/aromatic N) is 2. The molecule has 19 heavy (non-hydrogen) atoms. The van der Waals surface area contributed by atoms with E-state index in [0.717, 1.165) is 16.8 Å². The first kappa shape index (κ1) is 11.6. The van der Waals surface area contributed by atoms with Gasteiger partial charge in [0.1, 0.15) is 5.82 Å². The summed E-state index contributed by atoms with van der Waals surface area (Å²) < 4.78 is 6.84. The lowest BCUT2D eigenvalue weighted by atomic mass is 10.1. The number of H-pyrrole nitrogens is 1. The molecule has 98 valence electrons. The number of fused-ring (bicyclic) bond motifs is 1. The highest BCUT2D eigenvalue weighted by atomic mass is 16.4. The summed E-state index contributed by atoms with van der Waals surface area (Å²) >= 11 is 0. The molecule has 0 spiro atoms. The molecule has 0 bridgehead atoms. The van der Waals surface area contributed by atoms with Gasteiger partial charge in [-0.25, -0.2) is 4.79 Å². The minimum atomic E-state index is -0.341. The molecule has 3 rings (SSSR count). The van der Waals surface area contributed by atoms with Crippen LogP contribution >= 0.6 is 0 Å². The van der Waals surface area contributed by atoms with Crippen molar-refractivity contribution in [2.75, 3.05) is 5.73 Å². The average molecular weight is 258 g/mol. The molecule has 6 nitrogen and oxygen atoms in total. The second-order valence-corrected chi connectivity index (χ2v) is 4.72. The maximum atomic E-state index is 11.8. The van der Waals surface area contributed by atoms with E-state index in [1.807, 2.05) is 26.0 Å². The zero-order chi connectivity index (χ0) is 13.6. The Balaban J connectivity index is 2.25. The molecule has 2 heterocycles. The molecule has 0 aliphatic heterocycles. The monoisotopic (exact) mass is 258 g/mol. The molecule has 3 aromatic rings. The van der Waals surface area contributed by atoms with E-state index >= 15 is 0 Å². The first-order chi connectivity index (χ1) is 9.06. The molecule has 0 fully saturated rings. The molecule has 0 saturated heterocycles. The highest BCUT2D eigenvalue weighted by Gasteiger charge is 2.13. The minimum absolute atomic E-state index is 0.0378. The van der Waals surface area contributed by atoms with Crippen LogP contribution in [0.1, 0.15) is 19.9 Å². The number of nitrogen functional groups attached to an aromatic ring is 1. The van der Waals surface area contributed by atoms with Gasteiger partial charge in [0, 0.05) is 17.7 Å². The van der Waals surface area contributed by atoms with Gasteiger partial charge in [0.05, 0.1) is 11.2 Å². The summed E-state index contributed by atoms with van der Waals surface area (Å²) in [6.45, 7) is 3.88. The SMILES string of the molecule is CC(C)n1c(=O)oc2ccc(-c3cc(N)n[nH]3)cc21. The maximum Gasteiger partial charge on any atom is 0.420 e. The standard InChI is InChI=1S/C13H14N4O2/c1-7(2)17-10-5-8(9-6-12(14)16-15-9)3-4-11(10)19-13(17)18/h3-7H,1-2H3,(H3,14,15,16). The van der Waals surface area contributed by atoms with Crippen molar-refractivity contribution in [3.05, 3.63) is 34.8 Å². The summed E-state index contributed by atoms with van der Waals surface area (Å²) in [6, 6.07) is 7.33. The Bertz CT molecular complexity index is 794. The molecule has 0 aliphatic carbocycles. The highest BCUT2D eigenvalue weighted by Crippen LogP contribution is 2.24. The van der Waals surface area contributed by atoms with Crippen LogP contribution in [0.25, 0.3) is 22.4 Å². The third kappa shape index (κ3) is 1.81. The molecule has 0 saturated carbocycles. The van der Waals surface area contributed by atoms with Crippen molar-refractivity contribution in [2.24, 2.45) is 0 Å². The van der Waals surface area contributed by atoms with E-state index in [2.05, 4.69) is 10.2 Å². The van der Waals surface area contributed by atoms with Gasteiger partial charge in [0.2, 0.25) is 0 Å². The van der Waals surface area contributed by atoms with Gasteiger partial charge in [0.25, 0.3) is 0 Å². The van der Waals surface area contributed by atoms with Crippen LogP contribution in [-0.4, -0.2) is 14.8 Å². The summed E-state index contributed by atoms with van der Waals surface area (Å²) in [5.74, 6) is 0.0924. The number of oxazole rings is 1. The van der Waals surface area contributed by atoms with Crippen molar-refractivity contribution in [1.29, 1.82) is 0 Å². The fourth-order valence-electron chi connectivity index (χ4n) is 2.18. The largest absolute Gasteiger partial charge is 0.420 e. The van der Waals surface area contributed by atoms with Crippen LogP contribution in [0.4, 0.5) is 5.82 Å². The van der Waals surface area contributed by atoms with Gasteiger partial charge in [-0.2, -0.15) is 5.10 Å². The van der Waals surface area contributed by atoms with Crippen molar-refractivity contribution in [3.8, 4) is 11.3 Å². The molecule has 3 N–H and O–H groups in total. The minimum Gasteiger partial charge on any atom is -0.408 e. The first-order valence-corrected chi connectivity index (χ1v) is 6.02. The number of aromatic amines is 1. The fraction of sp³-hybridized carbons (Fsp3) is 0.231. The van der Waals surface area contributed by atoms with Crippen LogP contribution in [-0.2, 0) is 0 Å². The average Bonchev–Trinajstić information content (AvgIpc) is 2.90. The summed E-state index contributed by atoms with van der Waals surface area (Å²) in [6.07, 6.45) is 0. The Morgan fingerprint density at radius 1 is 1.37 bits per heavy atom. The zero-order valence-electron chi connectivity index (χ0n) is 10.7. The van der Waals surface area contributed by atoms with Crippen molar-refractivity contribution >= 4 is 16.9 Å². The summed E-state index contributed by atoms with van der Waals surface area (Å²) in [7, 11) is 0. The Kier molecular flexibility index (Phi) is 2.45. The summed E-state index contributed by atoms with van der Waals surface area (Å²) in [4.78, 5) is 11.8. The summed E-state index contributed by atoms with van der Waals surface area (Å²) in [5.41, 5.74) is 8.66. The van der Waals surface area contributed by atoms with Crippen LogP contribution in [0.15, 0.2) is 33.5 Å². The molecule has 0 amide bonds. The number of aromatic nitrogens is 3. The smallest absolute Gasteiger partial charge is 0.408 e. The quantitative estimate of drug-likeness (QED) is 0.737. The fourth-order valence-corrected chi connectivity index (χ4v) is 2.18. The second kappa shape index (κ2) is 4.01. The molecule has 0 radical (unpaired) electrons. The Morgan fingerprint density at radius 2 is 2.16 bits per heavy atom. The molecule has 1 aromatic carbocycles. The second-order valence-electron chi connectivity index (χ2n) is 4.72. The third-order valence-corrected chi connectivity index (χ3v) is 3.04. The Morgan fingerprint density at radius 3 is 2.79 bits per heavy atom. The molecule has 0 aliphatic rings. The lowest BCUT2D eigenvalue weighted by molar-refractivity contribution is 0.478. The van der Waals surface area contributed by atoms with E-state index in [0.29, 0.717) is 11.4 Å². The van der Waals surface area contributed by atoms with E-state index in [1.54, 1.807) is 16.7 Å². The molecular formula is C13H14N4O2. The Labute approximate surface area is 108 Å². The number of hydrogen-bond acceptors (Lipinski definition) is 4. The van der Waals surface area contributed by atoms with Gasteiger partial charge in [-0.05, 0) is 32.0 Å². The van der Waals surface area contributed by atoms with Gasteiger partial charge >= 0.3 is 5.76 Å². The van der Waals surface area contributed by atoms with E-state index < -0.39 is 0 Å². The zero-order valence-corrected chi connectivity index (χ0v) is 10.7. The van der Waals surface area contributed by atoms with Gasteiger partial charge in [-0.1, -0.05) is 0 Å². The lowest BCUT2D eigenvalue weighted by Gasteiger charge is -2.05. The van der Waals surface area contributed by atoms with E-state index in [4.69, 9.17) is 10.2 Å². The molecular weight excluding hydrogens is 244 g/mol. The van der Waals surface area contributed by atoms with E-state index in [-0.39, 0.29) is 11.8 Å². The van der Waals surface area contributed by atoms with E-state index in [1.165, 1.54) is 0 Å². The first-order valence-electron chi connectivity index (χ1n) is 6.02. The van der Waals surface area contributed by atoms with Crippen LogP contribution < -0.4 is 11.5 Å². The van der Waals surface area contributed by atoms with Gasteiger partial charge < -0.3 is 10.2 Å². The van der Waals surface area contributed by atoms with Crippen molar-refractivity contribution in [3.63, 3.8) is 0 Å². The predicted molar refractivity (Wildman–Crippen MR) is 72.9 cm³/mol. The van der Waals surface area contributed by atoms with Crippen LogP contribution in [0.2, 0.25) is 0 Å². The van der Waals surface area contributed by atoms with Crippen molar-refractivity contribution in [1.82, 2.24) is 14.8 Å². The Hall–Kier alpha value is -2.50. The molecule has 0 atom stereocenters. The topological polar surface area (TPSA) is 89.8 Å². The van der Waals surface area contributed by atoms with Crippen LogP contribution in [0.3, 0.4) is 0 Å². The van der Waals surface area contributed by atoms with Crippen molar-refractivity contribution < 1.29 is 4.42 Å². The maximum absolute atomic E-state index is 11.8. The van der Waals surface area contributed by atoms with E-state index in [9.17, 15) is 4.79 Å².